The Hall–Kier alpha value is -2.83. The van der Waals surface area contributed by atoms with Crippen molar-refractivity contribution in [1.29, 1.82) is 0 Å². The zero-order valence-corrected chi connectivity index (χ0v) is 10.9. The van der Waals surface area contributed by atoms with Crippen molar-refractivity contribution in [2.24, 2.45) is 0 Å². The van der Waals surface area contributed by atoms with Crippen molar-refractivity contribution in [2.45, 2.75) is 6.92 Å². The molecule has 0 saturated carbocycles. The van der Waals surface area contributed by atoms with Crippen molar-refractivity contribution >= 4 is 23.3 Å². The maximum atomic E-state index is 11.8. The van der Waals surface area contributed by atoms with E-state index in [0.717, 1.165) is 5.56 Å². The number of aryl methyl sites for hydroxylation is 1. The monoisotopic (exact) mass is 273 g/mol. The molecule has 0 bridgehead atoms. The van der Waals surface area contributed by atoms with Gasteiger partial charge in [0.1, 0.15) is 5.82 Å². The Morgan fingerprint density at radius 2 is 2.00 bits per heavy atom. The molecular weight excluding hydrogens is 258 g/mol. The highest BCUT2D eigenvalue weighted by atomic mass is 16.2. The highest BCUT2D eigenvalue weighted by Gasteiger charge is 2.09. The van der Waals surface area contributed by atoms with Crippen molar-refractivity contribution in [3.05, 3.63) is 41.6 Å². The van der Waals surface area contributed by atoms with Gasteiger partial charge in [-0.1, -0.05) is 0 Å². The fourth-order valence-electron chi connectivity index (χ4n) is 1.55. The summed E-state index contributed by atoms with van der Waals surface area (Å²) in [6, 6.07) is 6.45. The van der Waals surface area contributed by atoms with Crippen LogP contribution in [0, 0.1) is 6.92 Å². The van der Waals surface area contributed by atoms with Gasteiger partial charge in [0.25, 0.3) is 5.91 Å². The lowest BCUT2D eigenvalue weighted by Crippen LogP contribution is -2.33. The molecule has 104 valence electrons. The summed E-state index contributed by atoms with van der Waals surface area (Å²) in [4.78, 5) is 23.4. The number of carbonyl (C=O) groups is 2. The highest BCUT2D eigenvalue weighted by Crippen LogP contribution is 2.08. The van der Waals surface area contributed by atoms with Gasteiger partial charge < -0.3 is 16.4 Å². The molecule has 0 aliphatic rings. The zero-order valence-electron chi connectivity index (χ0n) is 10.9. The van der Waals surface area contributed by atoms with Gasteiger partial charge in [0, 0.05) is 16.8 Å². The van der Waals surface area contributed by atoms with Crippen LogP contribution >= 0.6 is 0 Å². The second-order valence-corrected chi connectivity index (χ2v) is 4.28. The van der Waals surface area contributed by atoms with Gasteiger partial charge in [0.05, 0.1) is 12.7 Å². The maximum absolute atomic E-state index is 11.8. The largest absolute Gasteiger partial charge is 0.399 e. The maximum Gasteiger partial charge on any atom is 0.251 e. The van der Waals surface area contributed by atoms with Crippen LogP contribution in [0.5, 0.6) is 0 Å². The van der Waals surface area contributed by atoms with E-state index >= 15 is 0 Å². The summed E-state index contributed by atoms with van der Waals surface area (Å²) in [5.74, 6) is -0.139. The van der Waals surface area contributed by atoms with Crippen LogP contribution < -0.4 is 16.4 Å². The molecule has 0 spiro atoms. The van der Waals surface area contributed by atoms with Gasteiger partial charge >= 0.3 is 0 Å². The van der Waals surface area contributed by atoms with E-state index in [0.29, 0.717) is 17.1 Å². The highest BCUT2D eigenvalue weighted by molar-refractivity contribution is 5.99. The Balaban J connectivity index is 1.85. The summed E-state index contributed by atoms with van der Waals surface area (Å²) in [5, 5.41) is 11.6. The zero-order chi connectivity index (χ0) is 14.5. The summed E-state index contributed by atoms with van der Waals surface area (Å²) >= 11 is 0. The minimum atomic E-state index is -0.332. The lowest BCUT2D eigenvalue weighted by molar-refractivity contribution is -0.115. The number of amides is 2. The fourth-order valence-corrected chi connectivity index (χ4v) is 1.55. The molecule has 1 aromatic carbocycles. The van der Waals surface area contributed by atoms with E-state index in [1.165, 1.54) is 0 Å². The molecule has 0 atom stereocenters. The van der Waals surface area contributed by atoms with Crippen molar-refractivity contribution in [1.82, 2.24) is 15.5 Å². The smallest absolute Gasteiger partial charge is 0.251 e. The van der Waals surface area contributed by atoms with Crippen LogP contribution in [0.15, 0.2) is 30.5 Å². The Bertz CT molecular complexity index is 618. The van der Waals surface area contributed by atoms with Crippen LogP contribution in [0.1, 0.15) is 15.9 Å². The molecule has 0 unspecified atom stereocenters. The molecule has 5 N–H and O–H groups in total. The number of nitrogens with one attached hydrogen (secondary N) is 3. The summed E-state index contributed by atoms with van der Waals surface area (Å²) < 4.78 is 0. The van der Waals surface area contributed by atoms with Gasteiger partial charge in [0.15, 0.2) is 0 Å². The van der Waals surface area contributed by atoms with Crippen molar-refractivity contribution < 1.29 is 9.59 Å². The van der Waals surface area contributed by atoms with Gasteiger partial charge in [-0.15, -0.1) is 0 Å². The molecule has 20 heavy (non-hydrogen) atoms. The molecule has 7 heteroatoms. The van der Waals surface area contributed by atoms with E-state index in [-0.39, 0.29) is 18.4 Å². The van der Waals surface area contributed by atoms with Crippen LogP contribution in [0.25, 0.3) is 0 Å². The third-order valence-corrected chi connectivity index (χ3v) is 2.68. The summed E-state index contributed by atoms with van der Waals surface area (Å²) in [6.07, 6.45) is 1.60. The Morgan fingerprint density at radius 3 is 2.60 bits per heavy atom. The molecule has 0 aliphatic heterocycles. The molecule has 2 aromatic rings. The van der Waals surface area contributed by atoms with Crippen LogP contribution in [-0.4, -0.2) is 28.6 Å². The summed E-state index contributed by atoms with van der Waals surface area (Å²) in [5.41, 5.74) is 7.38. The van der Waals surface area contributed by atoms with E-state index in [9.17, 15) is 9.59 Å². The number of aromatic nitrogens is 2. The second-order valence-electron chi connectivity index (χ2n) is 4.28. The molecule has 7 nitrogen and oxygen atoms in total. The average molecular weight is 273 g/mol. The first-order valence-corrected chi connectivity index (χ1v) is 6.00. The number of benzene rings is 1. The lowest BCUT2D eigenvalue weighted by Gasteiger charge is -2.06. The molecule has 0 saturated heterocycles. The van der Waals surface area contributed by atoms with Gasteiger partial charge in [-0.3, -0.25) is 14.7 Å². The van der Waals surface area contributed by atoms with E-state index in [1.807, 2.05) is 6.92 Å². The minimum Gasteiger partial charge on any atom is -0.399 e. The van der Waals surface area contributed by atoms with Gasteiger partial charge in [-0.2, -0.15) is 5.10 Å². The first-order valence-electron chi connectivity index (χ1n) is 6.00. The number of anilines is 2. The molecule has 2 rings (SSSR count). The van der Waals surface area contributed by atoms with E-state index in [1.54, 1.807) is 30.5 Å². The number of rotatable bonds is 4. The van der Waals surface area contributed by atoms with Gasteiger partial charge in [0.2, 0.25) is 5.91 Å². The van der Waals surface area contributed by atoms with Crippen molar-refractivity contribution in [3.63, 3.8) is 0 Å². The first kappa shape index (κ1) is 13.6. The molecule has 0 radical (unpaired) electrons. The lowest BCUT2D eigenvalue weighted by atomic mass is 10.2. The Kier molecular flexibility index (Phi) is 3.99. The molecule has 1 heterocycles. The third-order valence-electron chi connectivity index (χ3n) is 2.68. The van der Waals surface area contributed by atoms with E-state index in [2.05, 4.69) is 20.8 Å². The first-order chi connectivity index (χ1) is 9.56. The predicted octanol–water partition coefficient (Wildman–Crippen LogP) is 0.669. The molecule has 1 aromatic heterocycles. The average Bonchev–Trinajstić information content (AvgIpc) is 2.82. The molecular formula is C13H15N5O2. The second kappa shape index (κ2) is 5.87. The van der Waals surface area contributed by atoms with E-state index < -0.39 is 0 Å². The van der Waals surface area contributed by atoms with Gasteiger partial charge in [-0.25, -0.2) is 0 Å². The van der Waals surface area contributed by atoms with Gasteiger partial charge in [-0.05, 0) is 31.2 Å². The van der Waals surface area contributed by atoms with Crippen LogP contribution in [0.2, 0.25) is 0 Å². The number of carbonyl (C=O) groups excluding carboxylic acids is 2. The summed E-state index contributed by atoms with van der Waals surface area (Å²) in [7, 11) is 0. The number of nitrogen functional groups attached to an aromatic ring is 1. The Morgan fingerprint density at radius 1 is 1.30 bits per heavy atom. The SMILES string of the molecule is Cc1cn[nH]c1NC(=O)CNC(=O)c1ccc(N)cc1. The molecule has 2 amide bonds. The number of hydrogen-bond acceptors (Lipinski definition) is 4. The standard InChI is InChI=1S/C13H15N5O2/c1-8-6-16-18-12(8)17-11(19)7-15-13(20)9-2-4-10(14)5-3-9/h2-6H,7,14H2,1H3,(H,15,20)(H2,16,17,18,19). The quantitative estimate of drug-likeness (QED) is 0.613. The van der Waals surface area contributed by atoms with Crippen molar-refractivity contribution in [3.8, 4) is 0 Å². The topological polar surface area (TPSA) is 113 Å². The fraction of sp³-hybridized carbons (Fsp3) is 0.154. The number of H-pyrrole nitrogens is 1. The van der Waals surface area contributed by atoms with Crippen LogP contribution in [0.4, 0.5) is 11.5 Å². The normalized spacial score (nSPS) is 10.1. The minimum absolute atomic E-state index is 0.123. The van der Waals surface area contributed by atoms with E-state index in [4.69, 9.17) is 5.73 Å². The van der Waals surface area contributed by atoms with Crippen molar-refractivity contribution in [2.75, 3.05) is 17.6 Å². The number of aromatic amines is 1. The van der Waals surface area contributed by atoms with Crippen LogP contribution in [0.3, 0.4) is 0 Å². The number of nitrogens with two attached hydrogens (primary N) is 1. The third kappa shape index (κ3) is 3.35. The predicted molar refractivity (Wildman–Crippen MR) is 75.1 cm³/mol. The summed E-state index contributed by atoms with van der Waals surface area (Å²) in [6.45, 7) is 1.69. The molecule has 0 fully saturated rings. The number of hydrogen-bond donors (Lipinski definition) is 4. The molecule has 0 aliphatic carbocycles. The Labute approximate surface area is 115 Å². The number of nitrogens with zero attached hydrogens (tertiary/aromatic N) is 1. The van der Waals surface area contributed by atoms with Crippen LogP contribution in [-0.2, 0) is 4.79 Å².